The molecule has 0 saturated carbocycles. The second-order valence-corrected chi connectivity index (χ2v) is 4.02. The zero-order valence-electron chi connectivity index (χ0n) is 10.5. The zero-order chi connectivity index (χ0) is 14.8. The third-order valence-corrected chi connectivity index (χ3v) is 2.65. The number of rotatable bonds is 4. The Kier molecular flexibility index (Phi) is 3.90. The van der Waals surface area contributed by atoms with Crippen LogP contribution in [0.1, 0.15) is 11.6 Å². The summed E-state index contributed by atoms with van der Waals surface area (Å²) in [7, 11) is 1.39. The summed E-state index contributed by atoms with van der Waals surface area (Å²) >= 11 is 0. The number of nitrogens with zero attached hydrogens (tertiary/aromatic N) is 1. The molecule has 1 aromatic carbocycles. The summed E-state index contributed by atoms with van der Waals surface area (Å²) in [5.41, 5.74) is 0.317. The van der Waals surface area contributed by atoms with Crippen LogP contribution in [0.25, 0.3) is 0 Å². The Labute approximate surface area is 112 Å². The molecule has 0 radical (unpaired) electrons. The van der Waals surface area contributed by atoms with E-state index in [1.165, 1.54) is 19.2 Å². The number of nitriles is 1. The van der Waals surface area contributed by atoms with Gasteiger partial charge in [0, 0.05) is 0 Å². The molecule has 0 spiro atoms. The van der Waals surface area contributed by atoms with Crippen LogP contribution in [-0.4, -0.2) is 26.6 Å². The second kappa shape index (κ2) is 5.46. The van der Waals surface area contributed by atoms with Crippen molar-refractivity contribution in [2.24, 2.45) is 0 Å². The van der Waals surface area contributed by atoms with Gasteiger partial charge in [-0.3, -0.25) is 5.32 Å². The van der Waals surface area contributed by atoms with Crippen molar-refractivity contribution in [2.45, 2.75) is 12.2 Å². The fourth-order valence-electron chi connectivity index (χ4n) is 1.77. The summed E-state index contributed by atoms with van der Waals surface area (Å²) in [5.74, 6) is 1.03. The molecule has 2 rings (SSSR count). The fraction of sp³-hybridized carbons (Fsp3) is 0.417. The highest BCUT2D eigenvalue weighted by atomic mass is 19.4. The smallest absolute Gasteiger partial charge is 0.401 e. The van der Waals surface area contributed by atoms with Crippen LogP contribution in [0, 0.1) is 11.3 Å². The van der Waals surface area contributed by atoms with E-state index in [1.54, 1.807) is 6.07 Å². The van der Waals surface area contributed by atoms with Crippen LogP contribution in [0.3, 0.4) is 0 Å². The summed E-state index contributed by atoms with van der Waals surface area (Å²) in [6.07, 6.45) is -4.39. The van der Waals surface area contributed by atoms with Crippen molar-refractivity contribution in [1.82, 2.24) is 5.32 Å². The Morgan fingerprint density at radius 2 is 2.20 bits per heavy atom. The quantitative estimate of drug-likeness (QED) is 0.919. The van der Waals surface area contributed by atoms with Gasteiger partial charge in [-0.1, -0.05) is 0 Å². The van der Waals surface area contributed by atoms with Gasteiger partial charge in [0.15, 0.2) is 11.5 Å². The van der Waals surface area contributed by atoms with Crippen LogP contribution >= 0.6 is 0 Å². The molecule has 8 heteroatoms. The lowest BCUT2D eigenvalue weighted by atomic mass is 10.1. The Hall–Kier alpha value is -2.14. The largest absolute Gasteiger partial charge is 0.493 e. The predicted molar refractivity (Wildman–Crippen MR) is 61.5 cm³/mol. The van der Waals surface area contributed by atoms with Crippen LogP contribution in [0.2, 0.25) is 0 Å². The molecule has 0 bridgehead atoms. The number of nitrogens with one attached hydrogen (secondary N) is 1. The van der Waals surface area contributed by atoms with Gasteiger partial charge in [0.1, 0.15) is 6.04 Å². The van der Waals surface area contributed by atoms with Crippen molar-refractivity contribution >= 4 is 0 Å². The lowest BCUT2D eigenvalue weighted by Crippen LogP contribution is -2.31. The van der Waals surface area contributed by atoms with E-state index in [-0.39, 0.29) is 6.79 Å². The average molecular weight is 288 g/mol. The molecule has 1 heterocycles. The first kappa shape index (κ1) is 14.3. The number of ether oxygens (including phenoxy) is 3. The van der Waals surface area contributed by atoms with Crippen molar-refractivity contribution in [3.8, 4) is 23.3 Å². The van der Waals surface area contributed by atoms with Crippen molar-refractivity contribution in [3.05, 3.63) is 17.7 Å². The second-order valence-electron chi connectivity index (χ2n) is 4.02. The highest BCUT2D eigenvalue weighted by Gasteiger charge is 2.29. The van der Waals surface area contributed by atoms with Gasteiger partial charge in [-0.15, -0.1) is 0 Å². The first-order valence-electron chi connectivity index (χ1n) is 5.62. The molecule has 0 aromatic heterocycles. The minimum absolute atomic E-state index is 0.00233. The zero-order valence-corrected chi connectivity index (χ0v) is 10.5. The molecular weight excluding hydrogens is 277 g/mol. The summed E-state index contributed by atoms with van der Waals surface area (Å²) in [6, 6.07) is 3.56. The molecular formula is C12H11F3N2O3. The summed E-state index contributed by atoms with van der Waals surface area (Å²) in [6.45, 7) is -1.26. The molecule has 0 saturated heterocycles. The summed E-state index contributed by atoms with van der Waals surface area (Å²) in [5, 5.41) is 11.1. The van der Waals surface area contributed by atoms with E-state index in [0.717, 1.165) is 0 Å². The lowest BCUT2D eigenvalue weighted by molar-refractivity contribution is -0.125. The van der Waals surface area contributed by atoms with Gasteiger partial charge in [-0.05, 0) is 17.7 Å². The van der Waals surface area contributed by atoms with Crippen molar-refractivity contribution in [1.29, 1.82) is 5.26 Å². The van der Waals surface area contributed by atoms with Crippen LogP contribution in [-0.2, 0) is 0 Å². The number of benzene rings is 1. The molecule has 0 fully saturated rings. The number of halogens is 3. The van der Waals surface area contributed by atoms with Gasteiger partial charge in [0.25, 0.3) is 0 Å². The van der Waals surface area contributed by atoms with E-state index in [0.29, 0.717) is 22.8 Å². The van der Waals surface area contributed by atoms with E-state index in [1.807, 2.05) is 0 Å². The average Bonchev–Trinajstić information content (AvgIpc) is 2.85. The molecule has 5 nitrogen and oxygen atoms in total. The molecule has 1 aliphatic heterocycles. The van der Waals surface area contributed by atoms with Crippen LogP contribution in [0.4, 0.5) is 13.2 Å². The van der Waals surface area contributed by atoms with Gasteiger partial charge in [0.2, 0.25) is 12.5 Å². The molecule has 1 aliphatic rings. The number of fused-ring (bicyclic) bond motifs is 1. The third-order valence-electron chi connectivity index (χ3n) is 2.65. The fourth-order valence-corrected chi connectivity index (χ4v) is 1.77. The third kappa shape index (κ3) is 3.05. The van der Waals surface area contributed by atoms with E-state index in [4.69, 9.17) is 19.5 Å². The highest BCUT2D eigenvalue weighted by Crippen LogP contribution is 2.42. The van der Waals surface area contributed by atoms with E-state index in [2.05, 4.69) is 5.32 Å². The Bertz CT molecular complexity index is 540. The number of hydrogen-bond acceptors (Lipinski definition) is 5. The maximum Gasteiger partial charge on any atom is 0.401 e. The van der Waals surface area contributed by atoms with E-state index < -0.39 is 18.8 Å². The Morgan fingerprint density at radius 1 is 1.45 bits per heavy atom. The molecule has 1 aromatic rings. The van der Waals surface area contributed by atoms with Gasteiger partial charge < -0.3 is 14.2 Å². The highest BCUT2D eigenvalue weighted by molar-refractivity contribution is 5.56. The van der Waals surface area contributed by atoms with Gasteiger partial charge in [-0.2, -0.15) is 18.4 Å². The first-order chi connectivity index (χ1) is 9.44. The topological polar surface area (TPSA) is 63.5 Å². The van der Waals surface area contributed by atoms with Crippen LogP contribution in [0.5, 0.6) is 17.2 Å². The Balaban J connectivity index is 2.25. The van der Waals surface area contributed by atoms with Crippen LogP contribution < -0.4 is 19.5 Å². The summed E-state index contributed by atoms with van der Waals surface area (Å²) < 4.78 is 52.0. The SMILES string of the molecule is COc1cc(C(C#N)NCC(F)(F)F)cc2c1OCO2. The molecule has 1 N–H and O–H groups in total. The van der Waals surface area contributed by atoms with Crippen LogP contribution in [0.15, 0.2) is 12.1 Å². The number of hydrogen-bond donors (Lipinski definition) is 1. The first-order valence-corrected chi connectivity index (χ1v) is 5.62. The molecule has 20 heavy (non-hydrogen) atoms. The van der Waals surface area contributed by atoms with Crippen molar-refractivity contribution in [2.75, 3.05) is 20.4 Å². The Morgan fingerprint density at radius 3 is 2.80 bits per heavy atom. The number of alkyl halides is 3. The predicted octanol–water partition coefficient (Wildman–Crippen LogP) is 2.14. The van der Waals surface area contributed by atoms with Gasteiger partial charge >= 0.3 is 6.18 Å². The molecule has 0 amide bonds. The molecule has 0 aliphatic carbocycles. The molecule has 108 valence electrons. The van der Waals surface area contributed by atoms with Crippen molar-refractivity contribution < 1.29 is 27.4 Å². The monoisotopic (exact) mass is 288 g/mol. The van der Waals surface area contributed by atoms with Gasteiger partial charge in [0.05, 0.1) is 19.7 Å². The minimum Gasteiger partial charge on any atom is -0.493 e. The normalized spacial score (nSPS) is 14.8. The van der Waals surface area contributed by atoms with Crippen molar-refractivity contribution in [3.63, 3.8) is 0 Å². The van der Waals surface area contributed by atoms with E-state index in [9.17, 15) is 13.2 Å². The molecule has 1 atom stereocenters. The minimum atomic E-state index is -4.39. The summed E-state index contributed by atoms with van der Waals surface area (Å²) in [4.78, 5) is 0. The van der Waals surface area contributed by atoms with Gasteiger partial charge in [-0.25, -0.2) is 0 Å². The van der Waals surface area contributed by atoms with E-state index >= 15 is 0 Å². The maximum atomic E-state index is 12.2. The maximum absolute atomic E-state index is 12.2. The lowest BCUT2D eigenvalue weighted by Gasteiger charge is -2.15. The standard InChI is InChI=1S/C12H11F3N2O3/c1-18-9-2-7(3-10-11(9)20-6-19-10)8(4-16)17-5-12(13,14)15/h2-3,8,17H,5-6H2,1H3. The number of methoxy groups -OCH3 is 1. The molecule has 1 unspecified atom stereocenters.